The zero-order valence-corrected chi connectivity index (χ0v) is 8.09. The number of rotatable bonds is 6. The molecule has 0 aromatic carbocycles. The molecule has 74 valence electrons. The summed E-state index contributed by atoms with van der Waals surface area (Å²) in [5, 5.41) is 3.26. The molecule has 0 aromatic heterocycles. The molecule has 3 heteroatoms. The Kier molecular flexibility index (Phi) is 5.25. The molecule has 0 unspecified atom stereocenters. The van der Waals surface area contributed by atoms with Gasteiger partial charge in [0.05, 0.1) is 19.0 Å². The topological polar surface area (TPSA) is 33.6 Å². The maximum atomic E-state index is 5.35. The molecule has 1 N–H and O–H groups in total. The first-order valence-corrected chi connectivity index (χ1v) is 4.89. The monoisotopic (exact) mass is 182 g/mol. The molecule has 0 radical (unpaired) electrons. The summed E-state index contributed by atoms with van der Waals surface area (Å²) in [6.07, 6.45) is 5.10. The summed E-state index contributed by atoms with van der Waals surface area (Å²) in [7, 11) is 0. The summed E-state index contributed by atoms with van der Waals surface area (Å²) in [6.45, 7) is 7.02. The van der Waals surface area contributed by atoms with Crippen LogP contribution in [-0.4, -0.2) is 32.1 Å². The fraction of sp³-hybridized carbons (Fsp3) is 0.700. The minimum absolute atomic E-state index is 0.757. The molecule has 0 amide bonds. The van der Waals surface area contributed by atoms with Crippen molar-refractivity contribution >= 4 is 5.84 Å². The highest BCUT2D eigenvalue weighted by atomic mass is 16.5. The van der Waals surface area contributed by atoms with Crippen molar-refractivity contribution in [1.29, 1.82) is 0 Å². The average molecular weight is 182 g/mol. The van der Waals surface area contributed by atoms with Crippen LogP contribution in [0.1, 0.15) is 19.3 Å². The number of nitrogens with one attached hydrogen (secondary N) is 1. The second kappa shape index (κ2) is 6.66. The van der Waals surface area contributed by atoms with Crippen molar-refractivity contribution in [3.63, 3.8) is 0 Å². The number of amidine groups is 1. The fourth-order valence-electron chi connectivity index (χ4n) is 1.22. The van der Waals surface area contributed by atoms with Crippen LogP contribution in [0.4, 0.5) is 0 Å². The van der Waals surface area contributed by atoms with Gasteiger partial charge in [0.1, 0.15) is 0 Å². The van der Waals surface area contributed by atoms with Crippen molar-refractivity contribution in [2.24, 2.45) is 4.99 Å². The number of hydrogen-bond donors (Lipinski definition) is 1. The summed E-state index contributed by atoms with van der Waals surface area (Å²) >= 11 is 0. The lowest BCUT2D eigenvalue weighted by Gasteiger charge is -2.05. The lowest BCUT2D eigenvalue weighted by Crippen LogP contribution is -2.25. The van der Waals surface area contributed by atoms with E-state index in [1.165, 1.54) is 6.42 Å². The molecule has 1 heterocycles. The highest BCUT2D eigenvalue weighted by molar-refractivity contribution is 5.83. The molecule has 1 aliphatic rings. The fourth-order valence-corrected chi connectivity index (χ4v) is 1.22. The first kappa shape index (κ1) is 10.3. The molecule has 0 aromatic rings. The van der Waals surface area contributed by atoms with E-state index in [1.54, 1.807) is 0 Å². The van der Waals surface area contributed by atoms with Crippen LogP contribution in [0.25, 0.3) is 0 Å². The van der Waals surface area contributed by atoms with Gasteiger partial charge in [0.15, 0.2) is 0 Å². The molecule has 0 atom stereocenters. The molecule has 1 rings (SSSR count). The Hall–Kier alpha value is -0.830. The third kappa shape index (κ3) is 4.68. The Morgan fingerprint density at radius 2 is 2.46 bits per heavy atom. The highest BCUT2D eigenvalue weighted by Gasteiger charge is 2.03. The third-order valence-electron chi connectivity index (χ3n) is 1.92. The molecule has 1 aliphatic heterocycles. The van der Waals surface area contributed by atoms with Crippen molar-refractivity contribution in [2.75, 3.05) is 26.3 Å². The molecule has 3 nitrogen and oxygen atoms in total. The van der Waals surface area contributed by atoms with Gasteiger partial charge in [-0.15, -0.1) is 6.58 Å². The van der Waals surface area contributed by atoms with Crippen LogP contribution in [0.15, 0.2) is 17.6 Å². The maximum absolute atomic E-state index is 5.35. The van der Waals surface area contributed by atoms with E-state index in [-0.39, 0.29) is 0 Å². The Labute approximate surface area is 79.9 Å². The zero-order chi connectivity index (χ0) is 9.36. The van der Waals surface area contributed by atoms with Crippen LogP contribution < -0.4 is 5.32 Å². The molecule has 0 saturated carbocycles. The summed E-state index contributed by atoms with van der Waals surface area (Å²) in [5.74, 6) is 1.15. The van der Waals surface area contributed by atoms with Crippen LogP contribution in [-0.2, 0) is 4.74 Å². The number of aliphatic imine (C=N–C) groups is 1. The second-order valence-corrected chi connectivity index (χ2v) is 3.05. The van der Waals surface area contributed by atoms with Gasteiger partial charge in [-0.2, -0.15) is 0 Å². The van der Waals surface area contributed by atoms with Gasteiger partial charge in [-0.25, -0.2) is 0 Å². The summed E-state index contributed by atoms with van der Waals surface area (Å²) in [4.78, 5) is 4.30. The predicted octanol–water partition coefficient (Wildman–Crippen LogP) is 1.36. The zero-order valence-electron chi connectivity index (χ0n) is 8.09. The van der Waals surface area contributed by atoms with Crippen LogP contribution in [0.2, 0.25) is 0 Å². The van der Waals surface area contributed by atoms with Gasteiger partial charge in [0.2, 0.25) is 0 Å². The summed E-state index contributed by atoms with van der Waals surface area (Å²) in [6, 6.07) is 0. The Bertz CT molecular complexity index is 178. The molecule has 0 aliphatic carbocycles. The number of ether oxygens (including phenoxy) is 1. The SMILES string of the molecule is C=CCCOCCNC1=NCCC1. The Balaban J connectivity index is 1.86. The van der Waals surface area contributed by atoms with Gasteiger partial charge in [-0.05, 0) is 12.8 Å². The van der Waals surface area contributed by atoms with Crippen molar-refractivity contribution in [2.45, 2.75) is 19.3 Å². The quantitative estimate of drug-likeness (QED) is 0.497. The van der Waals surface area contributed by atoms with E-state index in [0.717, 1.165) is 45.0 Å². The van der Waals surface area contributed by atoms with E-state index in [4.69, 9.17) is 4.74 Å². The normalized spacial score (nSPS) is 15.5. The summed E-state index contributed by atoms with van der Waals surface area (Å²) < 4.78 is 5.35. The Morgan fingerprint density at radius 1 is 1.54 bits per heavy atom. The molecular formula is C10H18N2O. The second-order valence-electron chi connectivity index (χ2n) is 3.05. The van der Waals surface area contributed by atoms with Crippen molar-refractivity contribution < 1.29 is 4.74 Å². The van der Waals surface area contributed by atoms with E-state index >= 15 is 0 Å². The largest absolute Gasteiger partial charge is 0.379 e. The smallest absolute Gasteiger partial charge is 0.0964 e. The van der Waals surface area contributed by atoms with E-state index in [1.807, 2.05) is 6.08 Å². The van der Waals surface area contributed by atoms with E-state index < -0.39 is 0 Å². The maximum Gasteiger partial charge on any atom is 0.0964 e. The van der Waals surface area contributed by atoms with E-state index in [0.29, 0.717) is 0 Å². The summed E-state index contributed by atoms with van der Waals surface area (Å²) in [5.41, 5.74) is 0. The van der Waals surface area contributed by atoms with Gasteiger partial charge < -0.3 is 10.1 Å². The first-order chi connectivity index (χ1) is 6.43. The standard InChI is InChI=1S/C10H18N2O/c1-2-3-8-13-9-7-12-10-5-4-6-11-10/h2H,1,3-9H2,(H,11,12). The van der Waals surface area contributed by atoms with Crippen molar-refractivity contribution in [3.8, 4) is 0 Å². The third-order valence-corrected chi connectivity index (χ3v) is 1.92. The van der Waals surface area contributed by atoms with E-state index in [2.05, 4.69) is 16.9 Å². The van der Waals surface area contributed by atoms with Crippen LogP contribution >= 0.6 is 0 Å². The van der Waals surface area contributed by atoms with Crippen molar-refractivity contribution in [1.82, 2.24) is 5.32 Å². The number of hydrogen-bond acceptors (Lipinski definition) is 3. The van der Waals surface area contributed by atoms with Gasteiger partial charge in [-0.1, -0.05) is 6.08 Å². The van der Waals surface area contributed by atoms with Gasteiger partial charge in [0.25, 0.3) is 0 Å². The average Bonchev–Trinajstić information content (AvgIpc) is 2.63. The molecule has 0 spiro atoms. The minimum Gasteiger partial charge on any atom is -0.379 e. The first-order valence-electron chi connectivity index (χ1n) is 4.89. The van der Waals surface area contributed by atoms with E-state index in [9.17, 15) is 0 Å². The van der Waals surface area contributed by atoms with Gasteiger partial charge in [0, 0.05) is 19.5 Å². The van der Waals surface area contributed by atoms with Crippen LogP contribution in [0.5, 0.6) is 0 Å². The van der Waals surface area contributed by atoms with Gasteiger partial charge in [-0.3, -0.25) is 4.99 Å². The minimum atomic E-state index is 0.757. The van der Waals surface area contributed by atoms with Crippen LogP contribution in [0, 0.1) is 0 Å². The molecular weight excluding hydrogens is 164 g/mol. The lowest BCUT2D eigenvalue weighted by atomic mass is 10.3. The number of nitrogens with zero attached hydrogens (tertiary/aromatic N) is 1. The van der Waals surface area contributed by atoms with Gasteiger partial charge >= 0.3 is 0 Å². The molecule has 0 bridgehead atoms. The van der Waals surface area contributed by atoms with Crippen molar-refractivity contribution in [3.05, 3.63) is 12.7 Å². The molecule has 0 fully saturated rings. The molecule has 0 saturated heterocycles. The predicted molar refractivity (Wildman–Crippen MR) is 55.2 cm³/mol. The van der Waals surface area contributed by atoms with Crippen LogP contribution in [0.3, 0.4) is 0 Å². The highest BCUT2D eigenvalue weighted by Crippen LogP contribution is 2.00. The Morgan fingerprint density at radius 3 is 3.15 bits per heavy atom. The molecule has 13 heavy (non-hydrogen) atoms. The lowest BCUT2D eigenvalue weighted by molar-refractivity contribution is 0.143.